The third kappa shape index (κ3) is 4.43. The van der Waals surface area contributed by atoms with Gasteiger partial charge in [0.2, 0.25) is 0 Å². The molecule has 0 saturated carbocycles. The fourth-order valence-electron chi connectivity index (χ4n) is 2.26. The summed E-state index contributed by atoms with van der Waals surface area (Å²) in [4.78, 5) is 8.93. The van der Waals surface area contributed by atoms with Crippen molar-refractivity contribution in [2.24, 2.45) is 0 Å². The molecule has 0 radical (unpaired) electrons. The number of aryl methyl sites for hydroxylation is 1. The molecule has 2 rings (SSSR count). The second-order valence-electron chi connectivity index (χ2n) is 5.39. The topological polar surface area (TPSA) is 37.8 Å². The molecule has 112 valence electrons. The summed E-state index contributed by atoms with van der Waals surface area (Å²) < 4.78 is 0. The van der Waals surface area contributed by atoms with Crippen molar-refractivity contribution >= 4 is 17.4 Å². The Morgan fingerprint density at radius 3 is 2.57 bits per heavy atom. The number of nitrogens with one attached hydrogen (secondary N) is 1. The summed E-state index contributed by atoms with van der Waals surface area (Å²) in [5.41, 5.74) is 2.22. The highest BCUT2D eigenvalue weighted by Crippen LogP contribution is 2.21. The summed E-state index contributed by atoms with van der Waals surface area (Å²) in [6, 6.07) is 10.7. The van der Waals surface area contributed by atoms with Gasteiger partial charge in [0.15, 0.2) is 0 Å². The van der Waals surface area contributed by atoms with Crippen LogP contribution in [-0.2, 0) is 12.8 Å². The molecule has 2 aromatic rings. The largest absolute Gasteiger partial charge is 0.367 e. The van der Waals surface area contributed by atoms with Gasteiger partial charge in [0.05, 0.1) is 0 Å². The molecule has 0 aliphatic heterocycles. The maximum atomic E-state index is 6.21. The van der Waals surface area contributed by atoms with Crippen molar-refractivity contribution in [1.29, 1.82) is 0 Å². The van der Waals surface area contributed by atoms with Gasteiger partial charge in [-0.2, -0.15) is 0 Å². The fraction of sp³-hybridized carbons (Fsp3) is 0.412. The van der Waals surface area contributed by atoms with E-state index in [2.05, 4.69) is 53.4 Å². The van der Waals surface area contributed by atoms with Crippen molar-refractivity contribution in [3.05, 3.63) is 52.4 Å². The minimum Gasteiger partial charge on any atom is -0.367 e. The highest BCUT2D eigenvalue weighted by Gasteiger charge is 2.11. The molecule has 1 unspecified atom stereocenters. The number of anilines is 1. The van der Waals surface area contributed by atoms with Crippen molar-refractivity contribution in [3.63, 3.8) is 0 Å². The summed E-state index contributed by atoms with van der Waals surface area (Å²) >= 11 is 6.21. The molecule has 0 aliphatic carbocycles. The molecular formula is C17H22ClN3. The summed E-state index contributed by atoms with van der Waals surface area (Å²) in [6.45, 7) is 6.22. The van der Waals surface area contributed by atoms with Gasteiger partial charge in [-0.1, -0.05) is 48.9 Å². The van der Waals surface area contributed by atoms with E-state index in [1.54, 1.807) is 0 Å². The number of benzene rings is 1. The number of rotatable bonds is 6. The molecule has 3 nitrogen and oxygen atoms in total. The summed E-state index contributed by atoms with van der Waals surface area (Å²) in [6.07, 6.45) is 2.81. The van der Waals surface area contributed by atoms with Crippen LogP contribution < -0.4 is 5.32 Å². The third-order valence-corrected chi connectivity index (χ3v) is 3.74. The molecule has 0 bridgehead atoms. The lowest BCUT2D eigenvalue weighted by atomic mass is 10.1. The molecule has 1 aromatic heterocycles. The van der Waals surface area contributed by atoms with Gasteiger partial charge in [0.1, 0.15) is 16.8 Å². The zero-order chi connectivity index (χ0) is 15.2. The van der Waals surface area contributed by atoms with E-state index in [4.69, 9.17) is 11.6 Å². The van der Waals surface area contributed by atoms with E-state index in [1.807, 2.05) is 13.0 Å². The van der Waals surface area contributed by atoms with Gasteiger partial charge in [-0.15, -0.1) is 0 Å². The molecule has 0 fully saturated rings. The molecule has 4 heteroatoms. The Bertz CT molecular complexity index is 584. The number of hydrogen-bond donors (Lipinski definition) is 1. The molecule has 0 aliphatic rings. The van der Waals surface area contributed by atoms with Crippen LogP contribution in [0.3, 0.4) is 0 Å². The summed E-state index contributed by atoms with van der Waals surface area (Å²) in [5.74, 6) is 1.66. The third-order valence-electron chi connectivity index (χ3n) is 3.37. The first kappa shape index (κ1) is 15.8. The normalized spacial score (nSPS) is 12.2. The molecule has 1 heterocycles. The van der Waals surface area contributed by atoms with Gasteiger partial charge in [-0.3, -0.25) is 0 Å². The van der Waals surface area contributed by atoms with E-state index in [0.717, 1.165) is 36.5 Å². The molecule has 1 atom stereocenters. The molecule has 1 N–H and O–H groups in total. The first-order valence-corrected chi connectivity index (χ1v) is 7.81. The lowest BCUT2D eigenvalue weighted by molar-refractivity contribution is 0.771. The van der Waals surface area contributed by atoms with Crippen LogP contribution in [0, 0.1) is 6.92 Å². The van der Waals surface area contributed by atoms with Gasteiger partial charge in [0, 0.05) is 18.0 Å². The number of halogens is 1. The second-order valence-corrected chi connectivity index (χ2v) is 5.75. The quantitative estimate of drug-likeness (QED) is 0.802. The molecule has 1 aromatic carbocycles. The average Bonchev–Trinajstić information content (AvgIpc) is 2.45. The van der Waals surface area contributed by atoms with E-state index in [0.29, 0.717) is 5.15 Å². The Morgan fingerprint density at radius 1 is 1.19 bits per heavy atom. The molecule has 21 heavy (non-hydrogen) atoms. The van der Waals surface area contributed by atoms with Crippen LogP contribution in [0.25, 0.3) is 0 Å². The van der Waals surface area contributed by atoms with Crippen LogP contribution in [0.4, 0.5) is 5.82 Å². The van der Waals surface area contributed by atoms with Crippen molar-refractivity contribution in [1.82, 2.24) is 9.97 Å². The number of nitrogens with zero attached hydrogens (tertiary/aromatic N) is 2. The van der Waals surface area contributed by atoms with Gasteiger partial charge in [0.25, 0.3) is 0 Å². The lowest BCUT2D eigenvalue weighted by Gasteiger charge is -2.17. The Labute approximate surface area is 131 Å². The van der Waals surface area contributed by atoms with Gasteiger partial charge < -0.3 is 5.32 Å². The smallest absolute Gasteiger partial charge is 0.137 e. The zero-order valence-electron chi connectivity index (χ0n) is 12.9. The van der Waals surface area contributed by atoms with Crippen molar-refractivity contribution in [3.8, 4) is 0 Å². The van der Waals surface area contributed by atoms with E-state index >= 15 is 0 Å². The SMILES string of the molecule is CCCc1nc(Cl)c(C)c(NC(C)Cc2ccccc2)n1. The van der Waals surface area contributed by atoms with E-state index < -0.39 is 0 Å². The van der Waals surface area contributed by atoms with Gasteiger partial charge in [-0.25, -0.2) is 9.97 Å². The maximum absolute atomic E-state index is 6.21. The molecule has 0 amide bonds. The monoisotopic (exact) mass is 303 g/mol. The predicted molar refractivity (Wildman–Crippen MR) is 89.0 cm³/mol. The van der Waals surface area contributed by atoms with Crippen LogP contribution in [0.1, 0.15) is 37.2 Å². The van der Waals surface area contributed by atoms with Gasteiger partial charge >= 0.3 is 0 Å². The zero-order valence-corrected chi connectivity index (χ0v) is 13.6. The van der Waals surface area contributed by atoms with Crippen LogP contribution in [0.2, 0.25) is 5.15 Å². The van der Waals surface area contributed by atoms with Crippen molar-refractivity contribution in [2.45, 2.75) is 46.1 Å². The van der Waals surface area contributed by atoms with Crippen molar-refractivity contribution < 1.29 is 0 Å². The average molecular weight is 304 g/mol. The lowest BCUT2D eigenvalue weighted by Crippen LogP contribution is -2.20. The second kappa shape index (κ2) is 7.41. The molecule has 0 saturated heterocycles. The Balaban J connectivity index is 2.11. The van der Waals surface area contributed by atoms with Crippen LogP contribution in [-0.4, -0.2) is 16.0 Å². The predicted octanol–water partition coefficient (Wildman–Crippen LogP) is 4.43. The van der Waals surface area contributed by atoms with Crippen LogP contribution in [0.15, 0.2) is 30.3 Å². The van der Waals surface area contributed by atoms with Crippen LogP contribution >= 0.6 is 11.6 Å². The maximum Gasteiger partial charge on any atom is 0.137 e. The van der Waals surface area contributed by atoms with E-state index in [9.17, 15) is 0 Å². The van der Waals surface area contributed by atoms with Crippen LogP contribution in [0.5, 0.6) is 0 Å². The van der Waals surface area contributed by atoms with Gasteiger partial charge in [-0.05, 0) is 32.3 Å². The fourth-order valence-corrected chi connectivity index (χ4v) is 2.45. The summed E-state index contributed by atoms with van der Waals surface area (Å²) in [5, 5.41) is 4.01. The Morgan fingerprint density at radius 2 is 1.90 bits per heavy atom. The summed E-state index contributed by atoms with van der Waals surface area (Å²) in [7, 11) is 0. The Kier molecular flexibility index (Phi) is 5.57. The first-order valence-electron chi connectivity index (χ1n) is 7.43. The van der Waals surface area contributed by atoms with E-state index in [-0.39, 0.29) is 6.04 Å². The molecule has 0 spiro atoms. The Hall–Kier alpha value is -1.61. The number of hydrogen-bond acceptors (Lipinski definition) is 3. The highest BCUT2D eigenvalue weighted by molar-refractivity contribution is 6.30. The molecular weight excluding hydrogens is 282 g/mol. The minimum absolute atomic E-state index is 0.284. The standard InChI is InChI=1S/C17H22ClN3/c1-4-8-15-20-16(18)13(3)17(21-15)19-12(2)11-14-9-6-5-7-10-14/h5-7,9-10,12H,4,8,11H2,1-3H3,(H,19,20,21). The van der Waals surface area contributed by atoms with E-state index in [1.165, 1.54) is 5.56 Å². The first-order chi connectivity index (χ1) is 10.1. The highest BCUT2D eigenvalue weighted by atomic mass is 35.5. The number of aromatic nitrogens is 2. The minimum atomic E-state index is 0.284. The van der Waals surface area contributed by atoms with Crippen molar-refractivity contribution in [2.75, 3.05) is 5.32 Å².